The van der Waals surface area contributed by atoms with E-state index in [1.807, 2.05) is 0 Å². The highest BCUT2D eigenvalue weighted by Crippen LogP contribution is 2.34. The van der Waals surface area contributed by atoms with Gasteiger partial charge in [0.25, 0.3) is 5.91 Å². The third-order valence-electron chi connectivity index (χ3n) is 4.29. The highest BCUT2D eigenvalue weighted by molar-refractivity contribution is 6.36. The molecule has 6 nitrogen and oxygen atoms in total. The molecule has 4 atom stereocenters. The Hall–Kier alpha value is -1.59. The molecule has 0 spiro atoms. The number of aliphatic carboxylic acids is 1. The Kier molecular flexibility index (Phi) is 4.07. The van der Waals surface area contributed by atoms with Crippen molar-refractivity contribution in [3.8, 4) is 0 Å². The topological polar surface area (TPSA) is 88.0 Å². The minimum atomic E-state index is -1.13. The molecule has 0 bridgehead atoms. The van der Waals surface area contributed by atoms with Gasteiger partial charge >= 0.3 is 5.97 Å². The predicted molar refractivity (Wildman–Crippen MR) is 68.7 cm³/mol. The second kappa shape index (κ2) is 5.59. The Morgan fingerprint density at radius 1 is 1.47 bits per heavy atom. The second-order valence-corrected chi connectivity index (χ2v) is 5.36. The van der Waals surface area contributed by atoms with Crippen molar-refractivity contribution in [2.24, 2.45) is 17.0 Å². The van der Waals surface area contributed by atoms with Gasteiger partial charge in [-0.25, -0.2) is 4.79 Å². The molecule has 4 unspecified atom stereocenters. The summed E-state index contributed by atoms with van der Waals surface area (Å²) < 4.78 is 0. The molecule has 1 fully saturated rings. The summed E-state index contributed by atoms with van der Waals surface area (Å²) in [5.74, 6) is -0.278. The Bertz CT molecular complexity index is 407. The molecule has 2 N–H and O–H groups in total. The van der Waals surface area contributed by atoms with Crippen molar-refractivity contribution >= 4 is 17.6 Å². The van der Waals surface area contributed by atoms with Crippen molar-refractivity contribution in [3.05, 3.63) is 0 Å². The molecule has 1 aliphatic heterocycles. The SMILES string of the molecule is CCC1CCC(NC(=O)C2CC(C(=O)O)=NO2)C1C. The molecule has 2 aliphatic rings. The lowest BCUT2D eigenvalue weighted by Crippen LogP contribution is -2.43. The van der Waals surface area contributed by atoms with Crippen molar-refractivity contribution in [2.45, 2.75) is 51.7 Å². The summed E-state index contributed by atoms with van der Waals surface area (Å²) in [6, 6.07) is 0.162. The third kappa shape index (κ3) is 2.88. The first kappa shape index (κ1) is 13.8. The fourth-order valence-electron chi connectivity index (χ4n) is 2.95. The van der Waals surface area contributed by atoms with Crippen LogP contribution in [0.4, 0.5) is 0 Å². The predicted octanol–water partition coefficient (Wildman–Crippen LogP) is 1.16. The Balaban J connectivity index is 1.85. The molecule has 106 valence electrons. The first-order valence-corrected chi connectivity index (χ1v) is 6.79. The number of nitrogens with zero attached hydrogens (tertiary/aromatic N) is 1. The monoisotopic (exact) mass is 268 g/mol. The van der Waals surface area contributed by atoms with Crippen LogP contribution in [-0.2, 0) is 14.4 Å². The highest BCUT2D eigenvalue weighted by atomic mass is 16.6. The minimum Gasteiger partial charge on any atom is -0.477 e. The average molecular weight is 268 g/mol. The normalized spacial score (nSPS) is 33.7. The van der Waals surface area contributed by atoms with Gasteiger partial charge in [-0.1, -0.05) is 25.4 Å². The zero-order valence-corrected chi connectivity index (χ0v) is 11.3. The van der Waals surface area contributed by atoms with E-state index in [2.05, 4.69) is 24.3 Å². The van der Waals surface area contributed by atoms with E-state index in [9.17, 15) is 9.59 Å². The van der Waals surface area contributed by atoms with Crippen molar-refractivity contribution in [1.82, 2.24) is 5.32 Å². The highest BCUT2D eigenvalue weighted by Gasteiger charge is 2.36. The van der Waals surface area contributed by atoms with Gasteiger partial charge in [-0.3, -0.25) is 4.79 Å². The fraction of sp³-hybridized carbons (Fsp3) is 0.769. The summed E-state index contributed by atoms with van der Waals surface area (Å²) in [4.78, 5) is 27.6. The van der Waals surface area contributed by atoms with Crippen LogP contribution in [0.15, 0.2) is 5.16 Å². The van der Waals surface area contributed by atoms with E-state index in [0.717, 1.165) is 19.3 Å². The molecule has 0 aromatic heterocycles. The molecule has 0 saturated heterocycles. The summed E-state index contributed by atoms with van der Waals surface area (Å²) in [5, 5.41) is 15.1. The van der Waals surface area contributed by atoms with Crippen molar-refractivity contribution in [3.63, 3.8) is 0 Å². The lowest BCUT2D eigenvalue weighted by Gasteiger charge is -2.22. The van der Waals surface area contributed by atoms with E-state index in [1.165, 1.54) is 0 Å². The van der Waals surface area contributed by atoms with E-state index in [1.54, 1.807) is 0 Å². The van der Waals surface area contributed by atoms with Gasteiger partial charge in [0.1, 0.15) is 0 Å². The number of rotatable bonds is 4. The van der Waals surface area contributed by atoms with E-state index in [-0.39, 0.29) is 24.1 Å². The van der Waals surface area contributed by atoms with Gasteiger partial charge in [0.2, 0.25) is 6.10 Å². The third-order valence-corrected chi connectivity index (χ3v) is 4.29. The summed E-state index contributed by atoms with van der Waals surface area (Å²) >= 11 is 0. The quantitative estimate of drug-likeness (QED) is 0.800. The van der Waals surface area contributed by atoms with E-state index >= 15 is 0 Å². The van der Waals surface area contributed by atoms with E-state index in [0.29, 0.717) is 11.8 Å². The molecule has 1 saturated carbocycles. The Labute approximate surface area is 112 Å². The standard InChI is InChI=1S/C13H20N2O4/c1-3-8-4-5-9(7(8)2)14-12(16)11-6-10(13(17)18)15-19-11/h7-9,11H,3-6H2,1-2H3,(H,14,16)(H,17,18). The van der Waals surface area contributed by atoms with Gasteiger partial charge in [-0.2, -0.15) is 0 Å². The first-order chi connectivity index (χ1) is 9.02. The number of carbonyl (C=O) groups excluding carboxylic acids is 1. The van der Waals surface area contributed by atoms with Gasteiger partial charge in [0, 0.05) is 12.5 Å². The molecule has 2 rings (SSSR count). The maximum Gasteiger partial charge on any atom is 0.353 e. The van der Waals surface area contributed by atoms with Crippen molar-refractivity contribution < 1.29 is 19.5 Å². The Morgan fingerprint density at radius 3 is 2.74 bits per heavy atom. The number of amides is 1. The van der Waals surface area contributed by atoms with Crippen LogP contribution in [0.1, 0.15) is 39.5 Å². The van der Waals surface area contributed by atoms with Crippen molar-refractivity contribution in [2.75, 3.05) is 0 Å². The molecule has 0 aromatic carbocycles. The lowest BCUT2D eigenvalue weighted by atomic mass is 9.93. The number of hydrogen-bond donors (Lipinski definition) is 2. The molecule has 6 heteroatoms. The van der Waals surface area contributed by atoms with Gasteiger partial charge in [0.15, 0.2) is 5.71 Å². The molecule has 1 heterocycles. The summed E-state index contributed by atoms with van der Waals surface area (Å²) in [7, 11) is 0. The molecular formula is C13H20N2O4. The van der Waals surface area contributed by atoms with Crippen LogP contribution >= 0.6 is 0 Å². The average Bonchev–Trinajstić information content (AvgIpc) is 2.97. The van der Waals surface area contributed by atoms with Gasteiger partial charge in [-0.05, 0) is 24.7 Å². The van der Waals surface area contributed by atoms with Crippen LogP contribution < -0.4 is 5.32 Å². The summed E-state index contributed by atoms with van der Waals surface area (Å²) in [6.07, 6.45) is 2.48. The second-order valence-electron chi connectivity index (χ2n) is 5.36. The largest absolute Gasteiger partial charge is 0.477 e. The first-order valence-electron chi connectivity index (χ1n) is 6.79. The fourth-order valence-corrected chi connectivity index (χ4v) is 2.95. The molecular weight excluding hydrogens is 248 g/mol. The minimum absolute atomic E-state index is 0.0411. The number of hydrogen-bond acceptors (Lipinski definition) is 4. The number of carboxylic acids is 1. The summed E-state index contributed by atoms with van der Waals surface area (Å²) in [5.41, 5.74) is -0.0916. The summed E-state index contributed by atoms with van der Waals surface area (Å²) in [6.45, 7) is 4.32. The van der Waals surface area contributed by atoms with Crippen LogP contribution in [0, 0.1) is 11.8 Å². The smallest absolute Gasteiger partial charge is 0.353 e. The molecule has 1 amide bonds. The lowest BCUT2D eigenvalue weighted by molar-refractivity contribution is -0.132. The molecule has 19 heavy (non-hydrogen) atoms. The zero-order valence-electron chi connectivity index (χ0n) is 11.3. The zero-order chi connectivity index (χ0) is 14.0. The van der Waals surface area contributed by atoms with Crippen LogP contribution in [0.3, 0.4) is 0 Å². The number of nitrogens with one attached hydrogen (secondary N) is 1. The van der Waals surface area contributed by atoms with Gasteiger partial charge in [0.05, 0.1) is 0 Å². The van der Waals surface area contributed by atoms with Crippen molar-refractivity contribution in [1.29, 1.82) is 0 Å². The van der Waals surface area contributed by atoms with Gasteiger partial charge in [-0.15, -0.1) is 0 Å². The maximum atomic E-state index is 12.0. The van der Waals surface area contributed by atoms with E-state index < -0.39 is 12.1 Å². The van der Waals surface area contributed by atoms with Gasteiger partial charge < -0.3 is 15.3 Å². The van der Waals surface area contributed by atoms with Crippen LogP contribution in [0.25, 0.3) is 0 Å². The maximum absolute atomic E-state index is 12.0. The molecule has 0 aromatic rings. The molecule has 0 radical (unpaired) electrons. The number of carbonyl (C=O) groups is 2. The molecule has 1 aliphatic carbocycles. The van der Waals surface area contributed by atoms with E-state index in [4.69, 9.17) is 9.94 Å². The van der Waals surface area contributed by atoms with Crippen LogP contribution in [0.5, 0.6) is 0 Å². The van der Waals surface area contributed by atoms with Crippen LogP contribution in [0.2, 0.25) is 0 Å². The number of carboxylic acid groups (broad SMARTS) is 1. The number of oxime groups is 1. The Morgan fingerprint density at radius 2 is 2.21 bits per heavy atom. The van der Waals surface area contributed by atoms with Crippen LogP contribution in [-0.4, -0.2) is 34.8 Å².